The van der Waals surface area contributed by atoms with E-state index in [-0.39, 0.29) is 45.8 Å². The molecule has 8 unspecified atom stereocenters. The minimum atomic E-state index is -0.247. The molecule has 0 radical (unpaired) electrons. The summed E-state index contributed by atoms with van der Waals surface area (Å²) in [5.41, 5.74) is 7.90. The fourth-order valence-corrected chi connectivity index (χ4v) is 18.6. The summed E-state index contributed by atoms with van der Waals surface area (Å²) in [7, 11) is 12.3. The van der Waals surface area contributed by atoms with Crippen molar-refractivity contribution in [2.24, 2.45) is 20.0 Å². The Balaban J connectivity index is 0.000000189. The fraction of sp³-hybridized carbons (Fsp3) is 0.222. The highest BCUT2D eigenvalue weighted by atomic mass is 35.5. The molecule has 4 heterocycles. The summed E-state index contributed by atoms with van der Waals surface area (Å²) in [5, 5.41) is 2.41. The summed E-state index contributed by atoms with van der Waals surface area (Å²) < 4.78 is -0.565. The largest absolute Gasteiger partial charge is 0.412 e. The lowest BCUT2D eigenvalue weighted by atomic mass is 10.1. The number of benzene rings is 4. The van der Waals surface area contributed by atoms with Crippen LogP contribution in [0, 0.1) is 0 Å². The van der Waals surface area contributed by atoms with Gasteiger partial charge in [-0.25, -0.2) is 20.0 Å². The second-order valence-electron chi connectivity index (χ2n) is 11.7. The maximum Gasteiger partial charge on any atom is 0.112 e. The van der Waals surface area contributed by atoms with E-state index in [0.29, 0.717) is 0 Å². The Bertz CT molecular complexity index is 1820. The molecule has 2 N–H and O–H groups in total. The van der Waals surface area contributed by atoms with E-state index in [1.54, 1.807) is 0 Å². The number of alkyl halides is 8. The normalized spacial score (nSPS) is 29.9. The van der Waals surface area contributed by atoms with Crippen LogP contribution in [0.2, 0.25) is 0 Å². The highest BCUT2D eigenvalue weighted by Crippen LogP contribution is 2.48. The lowest BCUT2D eigenvalue weighted by molar-refractivity contribution is 0.824. The molecular weight excluding hydrogens is 1040 g/mol. The summed E-state index contributed by atoms with van der Waals surface area (Å²) in [6.45, 7) is 0. The predicted octanol–water partition coefficient (Wildman–Crippen LogP) is 16.3. The second kappa shape index (κ2) is 22.3. The lowest BCUT2D eigenvalue weighted by Gasteiger charge is -2.06. The Kier molecular flexibility index (Phi) is 18.5. The first kappa shape index (κ1) is 47.1. The summed E-state index contributed by atoms with van der Waals surface area (Å²) in [4.78, 5) is 18.4. The van der Waals surface area contributed by atoms with Gasteiger partial charge in [0, 0.05) is 0 Å². The second-order valence-corrected chi connectivity index (χ2v) is 26.0. The van der Waals surface area contributed by atoms with Gasteiger partial charge in [-0.1, -0.05) is 91.7 Å². The zero-order valence-corrected chi connectivity index (χ0v) is 41.0. The van der Waals surface area contributed by atoms with E-state index in [4.69, 9.17) is 92.8 Å². The summed E-state index contributed by atoms with van der Waals surface area (Å²) in [6, 6.07) is 32.2. The van der Waals surface area contributed by atoms with E-state index >= 15 is 0 Å². The Morgan fingerprint density at radius 3 is 0.614 bits per heavy atom. The molecule has 57 heavy (non-hydrogen) atoms. The van der Waals surface area contributed by atoms with Gasteiger partial charge in [0.25, 0.3) is 0 Å². The van der Waals surface area contributed by atoms with E-state index < -0.39 is 0 Å². The maximum absolute atomic E-state index is 6.26. The molecule has 4 aromatic rings. The first-order valence-electron chi connectivity index (χ1n) is 16.2. The zero-order valence-electron chi connectivity index (χ0n) is 28.4. The minimum Gasteiger partial charge on any atom is -0.412 e. The van der Waals surface area contributed by atoms with Crippen LogP contribution in [0.3, 0.4) is 0 Å². The molecule has 0 spiro atoms. The molecule has 4 aromatic carbocycles. The average molecular weight is 1070 g/mol. The highest BCUT2D eigenvalue weighted by Gasteiger charge is 2.34. The molecule has 0 aromatic heterocycles. The third-order valence-corrected chi connectivity index (χ3v) is 24.6. The van der Waals surface area contributed by atoms with Crippen molar-refractivity contribution < 1.29 is 5.48 Å². The monoisotopic (exact) mass is 1070 g/mol. The van der Waals surface area contributed by atoms with Crippen molar-refractivity contribution in [1.29, 1.82) is 0 Å². The maximum atomic E-state index is 6.26. The summed E-state index contributed by atoms with van der Waals surface area (Å²) in [5.74, 6) is 0. The Hall–Kier alpha value is 0.640. The van der Waals surface area contributed by atoms with Gasteiger partial charge in [-0.2, -0.15) is 0 Å². The predicted molar refractivity (Wildman–Crippen MR) is 274 cm³/mol. The van der Waals surface area contributed by atoms with E-state index in [1.807, 2.05) is 97.1 Å². The van der Waals surface area contributed by atoms with Crippen molar-refractivity contribution in [1.82, 2.24) is 0 Å². The third-order valence-electron chi connectivity index (χ3n) is 7.86. The average Bonchev–Trinajstić information content (AvgIpc) is 3.92. The van der Waals surface area contributed by atoms with Crippen LogP contribution in [0.1, 0.15) is 0 Å². The van der Waals surface area contributed by atoms with Crippen LogP contribution < -0.4 is 0 Å². The van der Waals surface area contributed by atoms with Crippen molar-refractivity contribution in [3.63, 3.8) is 0 Å². The summed E-state index contributed by atoms with van der Waals surface area (Å²) >= 11 is 49.5. The molecule has 0 amide bonds. The molecule has 4 fully saturated rings. The van der Waals surface area contributed by atoms with Crippen molar-refractivity contribution >= 4 is 222 Å². The van der Waals surface area contributed by atoms with Gasteiger partial charge in [-0.15, -0.1) is 92.8 Å². The first-order chi connectivity index (χ1) is 27.0. The van der Waals surface area contributed by atoms with E-state index in [9.17, 15) is 0 Å². The van der Waals surface area contributed by atoms with Gasteiger partial charge in [-0.3, -0.25) is 0 Å². The minimum absolute atomic E-state index is 0. The smallest absolute Gasteiger partial charge is 0.112 e. The first-order valence-corrected chi connectivity index (χ1v) is 28.6. The number of halogens is 8. The van der Waals surface area contributed by atoms with Gasteiger partial charge in [0.1, 0.15) is 60.5 Å². The van der Waals surface area contributed by atoms with Gasteiger partial charge in [0.2, 0.25) is 0 Å². The fourth-order valence-electron chi connectivity index (χ4n) is 4.95. The zero-order chi connectivity index (χ0) is 39.3. The van der Waals surface area contributed by atoms with Crippen molar-refractivity contribution in [3.05, 3.63) is 97.1 Å². The molecular formula is C36H26Cl8N4OS8. The van der Waals surface area contributed by atoms with Gasteiger partial charge in [-0.05, 0) is 114 Å². The van der Waals surface area contributed by atoms with Gasteiger partial charge in [0.15, 0.2) is 0 Å². The molecule has 8 atom stereocenters. The van der Waals surface area contributed by atoms with Crippen LogP contribution in [-0.2, 0) is 0 Å². The molecule has 300 valence electrons. The van der Waals surface area contributed by atoms with Crippen LogP contribution in [0.25, 0.3) is 22.3 Å². The van der Waals surface area contributed by atoms with Gasteiger partial charge < -0.3 is 5.48 Å². The van der Waals surface area contributed by atoms with Crippen molar-refractivity contribution in [2.45, 2.75) is 40.3 Å². The van der Waals surface area contributed by atoms with Crippen LogP contribution >= 0.6 is 179 Å². The lowest BCUT2D eigenvalue weighted by Crippen LogP contribution is -2.11. The Morgan fingerprint density at radius 2 is 0.474 bits per heavy atom. The van der Waals surface area contributed by atoms with E-state index in [1.165, 1.54) is 86.4 Å². The van der Waals surface area contributed by atoms with Gasteiger partial charge >= 0.3 is 0 Å². The summed E-state index contributed by atoms with van der Waals surface area (Å²) in [6.07, 6.45) is 0. The number of nitrogens with zero attached hydrogens (tertiary/aromatic N) is 4. The molecule has 8 rings (SSSR count). The standard InChI is InChI=1S/2C18H12Cl4N2S4.H2O/c2*19-13-15(21)25-27-17(13)23-11-5-1-9(2-6-11)10-3-7-12(8-4-10)24-18-14(20)16(22)26-28-18;/h2*1-8,13-16H;1H2. The molecule has 4 aliphatic heterocycles. The molecule has 0 saturated carbocycles. The van der Waals surface area contributed by atoms with Crippen LogP contribution in [0.15, 0.2) is 117 Å². The molecule has 0 aliphatic carbocycles. The molecule has 4 saturated heterocycles. The van der Waals surface area contributed by atoms with Gasteiger partial charge in [0.05, 0.1) is 22.7 Å². The number of hydrogen-bond donors (Lipinski definition) is 0. The molecule has 5 nitrogen and oxygen atoms in total. The topological polar surface area (TPSA) is 80.9 Å². The number of aliphatic imine (C=N–C) groups is 4. The molecule has 21 heteroatoms. The van der Waals surface area contributed by atoms with Crippen molar-refractivity contribution in [2.75, 3.05) is 0 Å². The van der Waals surface area contributed by atoms with E-state index in [2.05, 4.69) is 20.0 Å². The quantitative estimate of drug-likeness (QED) is 0.140. The Labute approximate surface area is 402 Å². The molecule has 4 aliphatic rings. The number of rotatable bonds is 6. The van der Waals surface area contributed by atoms with E-state index in [0.717, 1.165) is 65.2 Å². The van der Waals surface area contributed by atoms with Crippen LogP contribution in [-0.4, -0.2) is 66.0 Å². The SMILES string of the molecule is ClC1SSC(=Nc2ccc(-c3ccc(N=C4SSC(Cl)C4Cl)cc3)cc2)C1Cl.ClC1SSC(=Nc2ccc(-c3ccc(N=C4SSC(Cl)C4Cl)cc3)cc2)C1Cl.O. The van der Waals surface area contributed by atoms with Crippen LogP contribution in [0.4, 0.5) is 22.7 Å². The number of hydrogen-bond acceptors (Lipinski definition) is 12. The van der Waals surface area contributed by atoms with Crippen LogP contribution in [0.5, 0.6) is 0 Å². The molecule has 0 bridgehead atoms. The third kappa shape index (κ3) is 12.4. The van der Waals surface area contributed by atoms with Crippen molar-refractivity contribution in [3.8, 4) is 22.3 Å². The highest BCUT2D eigenvalue weighted by molar-refractivity contribution is 8.84. The Morgan fingerprint density at radius 1 is 0.298 bits per heavy atom.